The molecule has 2 aliphatic rings. The number of methoxy groups -OCH3 is 1. The molecule has 1 saturated heterocycles. The maximum absolute atomic E-state index is 13.5. The predicted octanol–water partition coefficient (Wildman–Crippen LogP) is 4.73. The van der Waals surface area contributed by atoms with Gasteiger partial charge in [0.2, 0.25) is 17.9 Å². The minimum Gasteiger partial charge on any atom is -0.495 e. The van der Waals surface area contributed by atoms with Gasteiger partial charge in [-0.1, -0.05) is 81.8 Å². The Bertz CT molecular complexity index is 1420. The Morgan fingerprint density at radius 1 is 1.02 bits per heavy atom. The summed E-state index contributed by atoms with van der Waals surface area (Å²) < 4.78 is 23.0. The second-order valence-corrected chi connectivity index (χ2v) is 12.4. The SMILES string of the molecule is CCC(C)C1OC(=O)C(C)CNC(=O)C(Cc2ccc(OC)c(Cl)c2)NC(=O)C=CCC(C(C)C2OC2c2ccccc2)OC1=O. The lowest BCUT2D eigenvalue weighted by Crippen LogP contribution is -2.49. The fourth-order valence-electron chi connectivity index (χ4n) is 5.36. The number of hydrogen-bond acceptors (Lipinski definition) is 8. The van der Waals surface area contributed by atoms with Gasteiger partial charge in [0.05, 0.1) is 24.2 Å². The van der Waals surface area contributed by atoms with E-state index >= 15 is 0 Å². The third-order valence-electron chi connectivity index (χ3n) is 8.57. The van der Waals surface area contributed by atoms with Crippen molar-refractivity contribution in [1.29, 1.82) is 0 Å². The summed E-state index contributed by atoms with van der Waals surface area (Å²) in [6, 6.07) is 13.9. The molecule has 2 amide bonds. The number of nitrogens with one attached hydrogen (secondary N) is 2. The molecule has 0 aliphatic carbocycles. The maximum atomic E-state index is 13.5. The van der Waals surface area contributed by atoms with Crippen molar-refractivity contribution in [3.8, 4) is 5.75 Å². The summed E-state index contributed by atoms with van der Waals surface area (Å²) in [7, 11) is 1.51. The van der Waals surface area contributed by atoms with Crippen LogP contribution in [0.25, 0.3) is 0 Å². The summed E-state index contributed by atoms with van der Waals surface area (Å²) in [5.41, 5.74) is 1.73. The lowest BCUT2D eigenvalue weighted by Gasteiger charge is -2.28. The van der Waals surface area contributed by atoms with Gasteiger partial charge >= 0.3 is 11.9 Å². The molecule has 0 bridgehead atoms. The molecular formula is C35H43ClN2O8. The zero-order valence-electron chi connectivity index (χ0n) is 26.9. The third kappa shape index (κ3) is 9.10. The topological polar surface area (TPSA) is 133 Å². The number of esters is 2. The third-order valence-corrected chi connectivity index (χ3v) is 8.87. The fourth-order valence-corrected chi connectivity index (χ4v) is 5.64. The van der Waals surface area contributed by atoms with Gasteiger partial charge < -0.3 is 29.6 Å². The number of benzene rings is 2. The first-order chi connectivity index (χ1) is 22.0. The van der Waals surface area contributed by atoms with E-state index in [4.69, 9.17) is 30.5 Å². The van der Waals surface area contributed by atoms with Crippen LogP contribution in [-0.4, -0.2) is 61.8 Å². The number of carbonyl (C=O) groups excluding carboxylic acids is 4. The lowest BCUT2D eigenvalue weighted by molar-refractivity contribution is -0.179. The van der Waals surface area contributed by atoms with Crippen LogP contribution in [0, 0.1) is 17.8 Å². The Morgan fingerprint density at radius 2 is 1.76 bits per heavy atom. The van der Waals surface area contributed by atoms with Crippen LogP contribution in [0.3, 0.4) is 0 Å². The van der Waals surface area contributed by atoms with E-state index in [-0.39, 0.29) is 43.4 Å². The van der Waals surface area contributed by atoms with Crippen molar-refractivity contribution in [3.05, 3.63) is 76.8 Å². The van der Waals surface area contributed by atoms with Crippen LogP contribution in [0.1, 0.15) is 57.8 Å². The highest BCUT2D eigenvalue weighted by Crippen LogP contribution is 2.45. The first kappa shape index (κ1) is 35.0. The highest BCUT2D eigenvalue weighted by Gasteiger charge is 2.48. The second-order valence-electron chi connectivity index (χ2n) is 12.0. The number of amides is 2. The zero-order valence-corrected chi connectivity index (χ0v) is 27.6. The van der Waals surface area contributed by atoms with Crippen molar-refractivity contribution in [2.45, 2.75) is 77.4 Å². The molecule has 0 aromatic heterocycles. The van der Waals surface area contributed by atoms with E-state index in [1.807, 2.05) is 51.1 Å². The maximum Gasteiger partial charge on any atom is 0.348 e. The van der Waals surface area contributed by atoms with Crippen LogP contribution in [-0.2, 0) is 39.8 Å². The minimum atomic E-state index is -1.14. The average Bonchev–Trinajstić information content (AvgIpc) is 3.85. The van der Waals surface area contributed by atoms with Gasteiger partial charge in [-0.05, 0) is 35.8 Å². The summed E-state index contributed by atoms with van der Waals surface area (Å²) in [4.78, 5) is 53.1. The van der Waals surface area contributed by atoms with Crippen molar-refractivity contribution < 1.29 is 38.1 Å². The molecule has 8 atom stereocenters. The van der Waals surface area contributed by atoms with Crippen LogP contribution >= 0.6 is 11.6 Å². The van der Waals surface area contributed by atoms with Gasteiger partial charge in [-0.2, -0.15) is 0 Å². The summed E-state index contributed by atoms with van der Waals surface area (Å²) in [5, 5.41) is 5.86. The second kappa shape index (κ2) is 16.1. The molecule has 2 aromatic carbocycles. The molecular weight excluding hydrogens is 612 g/mol. The summed E-state index contributed by atoms with van der Waals surface area (Å²) in [6.07, 6.45) is 1.69. The van der Waals surface area contributed by atoms with Gasteiger partial charge in [0.15, 0.2) is 0 Å². The molecule has 46 heavy (non-hydrogen) atoms. The molecule has 2 aromatic rings. The normalized spacial score (nSPS) is 27.4. The van der Waals surface area contributed by atoms with Crippen molar-refractivity contribution in [2.24, 2.45) is 17.8 Å². The van der Waals surface area contributed by atoms with Crippen molar-refractivity contribution in [1.82, 2.24) is 10.6 Å². The summed E-state index contributed by atoms with van der Waals surface area (Å²) >= 11 is 6.30. The number of hydrogen-bond donors (Lipinski definition) is 2. The Labute approximate surface area is 275 Å². The molecule has 1 fully saturated rings. The van der Waals surface area contributed by atoms with E-state index in [1.54, 1.807) is 31.2 Å². The molecule has 0 radical (unpaired) electrons. The molecule has 11 heteroatoms. The highest BCUT2D eigenvalue weighted by atomic mass is 35.5. The molecule has 2 aliphatic heterocycles. The predicted molar refractivity (Wildman–Crippen MR) is 172 cm³/mol. The van der Waals surface area contributed by atoms with Crippen LogP contribution in [0.5, 0.6) is 5.75 Å². The zero-order chi connectivity index (χ0) is 33.4. The number of epoxide rings is 1. The van der Waals surface area contributed by atoms with Crippen molar-refractivity contribution >= 4 is 35.4 Å². The van der Waals surface area contributed by atoms with Gasteiger partial charge in [-0.15, -0.1) is 0 Å². The summed E-state index contributed by atoms with van der Waals surface area (Å²) in [5.74, 6) is -3.13. The Morgan fingerprint density at radius 3 is 2.43 bits per heavy atom. The van der Waals surface area contributed by atoms with E-state index in [2.05, 4.69) is 10.6 Å². The van der Waals surface area contributed by atoms with Gasteiger partial charge in [0, 0.05) is 31.2 Å². The number of rotatable bonds is 8. The first-order valence-corrected chi connectivity index (χ1v) is 16.1. The standard InChI is InChI=1S/C35H43ClN2O8/c1-6-20(2)30-35(42)44-27(22(4)31-32(45-31)24-11-8-7-9-12-24)13-10-14-29(39)38-26(33(40)37-19-21(3)34(41)46-30)18-23-15-16-28(43-5)25(36)17-23/h7-12,14-17,20-22,26-27,30-32H,6,13,18-19H2,1-5H3,(H,37,40)(H,38,39). The van der Waals surface area contributed by atoms with E-state index < -0.39 is 47.9 Å². The lowest BCUT2D eigenvalue weighted by atomic mass is 9.93. The number of ether oxygens (including phenoxy) is 4. The van der Waals surface area contributed by atoms with Crippen molar-refractivity contribution in [3.63, 3.8) is 0 Å². The van der Waals surface area contributed by atoms with Crippen molar-refractivity contribution in [2.75, 3.05) is 13.7 Å². The number of cyclic esters (lactones) is 2. The van der Waals surface area contributed by atoms with Gasteiger partial charge in [-0.25, -0.2) is 4.79 Å². The van der Waals surface area contributed by atoms with E-state index in [0.29, 0.717) is 22.8 Å². The van der Waals surface area contributed by atoms with Gasteiger partial charge in [-0.3, -0.25) is 14.4 Å². The monoisotopic (exact) mass is 654 g/mol. The minimum absolute atomic E-state index is 0.0644. The molecule has 0 spiro atoms. The Kier molecular flexibility index (Phi) is 12.2. The average molecular weight is 655 g/mol. The molecule has 2 N–H and O–H groups in total. The smallest absolute Gasteiger partial charge is 0.348 e. The Balaban J connectivity index is 1.59. The number of carbonyl (C=O) groups is 4. The highest BCUT2D eigenvalue weighted by molar-refractivity contribution is 6.32. The fraction of sp³-hybridized carbons (Fsp3) is 0.486. The van der Waals surface area contributed by atoms with Crippen LogP contribution in [0.4, 0.5) is 0 Å². The number of halogens is 1. The summed E-state index contributed by atoms with van der Waals surface area (Å²) in [6.45, 7) is 7.19. The van der Waals surface area contributed by atoms with Crippen LogP contribution in [0.15, 0.2) is 60.7 Å². The van der Waals surface area contributed by atoms with Gasteiger partial charge in [0.1, 0.15) is 24.0 Å². The van der Waals surface area contributed by atoms with E-state index in [1.165, 1.54) is 13.2 Å². The molecule has 2 heterocycles. The largest absolute Gasteiger partial charge is 0.495 e. The van der Waals surface area contributed by atoms with E-state index in [0.717, 1.165) is 5.56 Å². The van der Waals surface area contributed by atoms with Gasteiger partial charge in [0.25, 0.3) is 0 Å². The molecule has 8 unspecified atom stereocenters. The van der Waals surface area contributed by atoms with Crippen LogP contribution in [0.2, 0.25) is 5.02 Å². The molecule has 0 saturated carbocycles. The molecule has 4 rings (SSSR count). The Hall–Kier alpha value is -3.89. The first-order valence-electron chi connectivity index (χ1n) is 15.7. The molecule has 248 valence electrons. The quantitative estimate of drug-likeness (QED) is 0.308. The van der Waals surface area contributed by atoms with E-state index in [9.17, 15) is 19.2 Å². The van der Waals surface area contributed by atoms with Crippen LogP contribution < -0.4 is 15.4 Å². The molecule has 10 nitrogen and oxygen atoms in total.